The van der Waals surface area contributed by atoms with E-state index in [1.807, 2.05) is 30.3 Å². The zero-order valence-electron chi connectivity index (χ0n) is 17.5. The molecule has 1 fully saturated rings. The van der Waals surface area contributed by atoms with Gasteiger partial charge in [-0.05, 0) is 52.9 Å². The van der Waals surface area contributed by atoms with Gasteiger partial charge in [-0.25, -0.2) is 9.37 Å². The Hall–Kier alpha value is -3.58. The van der Waals surface area contributed by atoms with E-state index < -0.39 is 17.1 Å². The number of rotatable bonds is 4. The van der Waals surface area contributed by atoms with E-state index in [-0.39, 0.29) is 37.7 Å². The lowest BCUT2D eigenvalue weighted by Crippen LogP contribution is -2.56. The largest absolute Gasteiger partial charge is 0.333 e. The Morgan fingerprint density at radius 2 is 1.82 bits per heavy atom. The Morgan fingerprint density at radius 1 is 1.03 bits per heavy atom. The Bertz CT molecular complexity index is 1290. The van der Waals surface area contributed by atoms with Crippen molar-refractivity contribution in [2.75, 3.05) is 6.54 Å². The number of amides is 3. The van der Waals surface area contributed by atoms with Crippen molar-refractivity contribution in [1.29, 1.82) is 0 Å². The monoisotopic (exact) mass is 463 g/mol. The first-order valence-corrected chi connectivity index (χ1v) is 10.9. The Kier molecular flexibility index (Phi) is 5.21. The number of hydrogen-bond acceptors (Lipinski definition) is 4. The molecule has 6 nitrogen and oxygen atoms in total. The Balaban J connectivity index is 1.50. The predicted octanol–water partition coefficient (Wildman–Crippen LogP) is 3.87. The lowest BCUT2D eigenvalue weighted by molar-refractivity contribution is -0.138. The second-order valence-electron chi connectivity index (χ2n) is 8.37. The summed E-state index contributed by atoms with van der Waals surface area (Å²) >= 11 is 6.00. The third-order valence-corrected chi connectivity index (χ3v) is 6.58. The van der Waals surface area contributed by atoms with Crippen LogP contribution in [0.1, 0.15) is 34.3 Å². The van der Waals surface area contributed by atoms with E-state index in [1.165, 1.54) is 12.1 Å². The third-order valence-electron chi connectivity index (χ3n) is 6.38. The summed E-state index contributed by atoms with van der Waals surface area (Å²) in [4.78, 5) is 43.6. The van der Waals surface area contributed by atoms with Crippen LogP contribution in [0.3, 0.4) is 0 Å². The average Bonchev–Trinajstić information content (AvgIpc) is 3.10. The van der Waals surface area contributed by atoms with E-state index in [4.69, 9.17) is 11.6 Å². The zero-order valence-corrected chi connectivity index (χ0v) is 18.2. The summed E-state index contributed by atoms with van der Waals surface area (Å²) in [6, 6.07) is 15.2. The molecule has 1 saturated heterocycles. The number of hydrogen-bond donors (Lipinski definition) is 1. The molecule has 3 amide bonds. The van der Waals surface area contributed by atoms with Gasteiger partial charge < -0.3 is 4.90 Å². The van der Waals surface area contributed by atoms with Gasteiger partial charge in [0.25, 0.3) is 5.91 Å². The minimum atomic E-state index is -1.10. The summed E-state index contributed by atoms with van der Waals surface area (Å²) in [5, 5.41) is 2.82. The summed E-state index contributed by atoms with van der Waals surface area (Å²) < 4.78 is 13.7. The van der Waals surface area contributed by atoms with Gasteiger partial charge in [0.05, 0.1) is 5.41 Å². The molecule has 8 heteroatoms. The molecule has 1 aromatic heterocycles. The summed E-state index contributed by atoms with van der Waals surface area (Å²) in [5.74, 6) is -1.58. The van der Waals surface area contributed by atoms with Gasteiger partial charge in [-0.1, -0.05) is 41.9 Å². The number of benzene rings is 2. The van der Waals surface area contributed by atoms with Crippen molar-refractivity contribution >= 4 is 29.3 Å². The highest BCUT2D eigenvalue weighted by atomic mass is 35.5. The molecule has 5 rings (SSSR count). The molecule has 0 spiro atoms. The number of nitrogens with one attached hydrogen (secondary N) is 1. The topological polar surface area (TPSA) is 79.4 Å². The average molecular weight is 464 g/mol. The number of carbonyl (C=O) groups is 3. The van der Waals surface area contributed by atoms with E-state index in [2.05, 4.69) is 10.3 Å². The maximum atomic E-state index is 13.7. The van der Waals surface area contributed by atoms with Crippen molar-refractivity contribution in [1.82, 2.24) is 15.2 Å². The molecule has 0 radical (unpaired) electrons. The molecule has 3 heterocycles. The number of halogens is 2. The summed E-state index contributed by atoms with van der Waals surface area (Å²) in [6.07, 6.45) is 2.05. The van der Waals surface area contributed by atoms with Gasteiger partial charge in [0.15, 0.2) is 0 Å². The standard InChI is InChI=1S/C25H19ClFN3O3/c26-21-11-16(8-10-28-21)15-1-4-18(5-2-15)25(9-7-22(31)29-24(25)33)14-30-13-17-3-6-19(27)12-20(17)23(30)32/h1-6,8,10-12H,7,9,13-14H2,(H,29,31,33)/t25-/m0/s1. The van der Waals surface area contributed by atoms with Crippen LogP contribution < -0.4 is 5.32 Å². The molecule has 3 aromatic rings. The van der Waals surface area contributed by atoms with Gasteiger partial charge in [0, 0.05) is 31.3 Å². The molecule has 1 N–H and O–H groups in total. The fourth-order valence-electron chi connectivity index (χ4n) is 4.62. The molecule has 0 unspecified atom stereocenters. The van der Waals surface area contributed by atoms with Crippen LogP contribution in [0.15, 0.2) is 60.8 Å². The molecule has 2 aliphatic heterocycles. The quantitative estimate of drug-likeness (QED) is 0.470. The number of carbonyl (C=O) groups excluding carboxylic acids is 3. The van der Waals surface area contributed by atoms with Gasteiger partial charge in [-0.3, -0.25) is 19.7 Å². The van der Waals surface area contributed by atoms with Crippen molar-refractivity contribution in [3.05, 3.63) is 88.5 Å². The van der Waals surface area contributed by atoms with Gasteiger partial charge in [0.2, 0.25) is 11.8 Å². The fraction of sp³-hybridized carbons (Fsp3) is 0.200. The van der Waals surface area contributed by atoms with E-state index in [0.717, 1.165) is 11.1 Å². The number of fused-ring (bicyclic) bond motifs is 1. The Morgan fingerprint density at radius 3 is 2.55 bits per heavy atom. The second-order valence-corrected chi connectivity index (χ2v) is 8.75. The molecule has 0 saturated carbocycles. The molecule has 2 aliphatic rings. The van der Waals surface area contributed by atoms with Gasteiger partial charge in [-0.2, -0.15) is 0 Å². The molecule has 166 valence electrons. The van der Waals surface area contributed by atoms with Crippen LogP contribution in [0, 0.1) is 5.82 Å². The highest BCUT2D eigenvalue weighted by Gasteiger charge is 2.47. The van der Waals surface area contributed by atoms with Crippen LogP contribution in [0.25, 0.3) is 11.1 Å². The van der Waals surface area contributed by atoms with Crippen LogP contribution >= 0.6 is 11.6 Å². The summed E-state index contributed by atoms with van der Waals surface area (Å²) in [6.45, 7) is 0.368. The van der Waals surface area contributed by atoms with E-state index in [9.17, 15) is 18.8 Å². The third kappa shape index (κ3) is 3.78. The highest BCUT2D eigenvalue weighted by molar-refractivity contribution is 6.29. The minimum absolute atomic E-state index is 0.0850. The van der Waals surface area contributed by atoms with Crippen LogP contribution in [-0.2, 0) is 21.5 Å². The maximum absolute atomic E-state index is 13.7. The van der Waals surface area contributed by atoms with Crippen LogP contribution in [-0.4, -0.2) is 34.2 Å². The summed E-state index contributed by atoms with van der Waals surface area (Å²) in [7, 11) is 0. The SMILES string of the molecule is O=C1CC[C@](CN2Cc3ccc(F)cc3C2=O)(c2ccc(-c3ccnc(Cl)c3)cc2)C(=O)N1. The maximum Gasteiger partial charge on any atom is 0.254 e. The minimum Gasteiger partial charge on any atom is -0.333 e. The van der Waals surface area contributed by atoms with Crippen molar-refractivity contribution in [2.24, 2.45) is 0 Å². The first-order valence-electron chi connectivity index (χ1n) is 10.5. The van der Waals surface area contributed by atoms with Crippen molar-refractivity contribution < 1.29 is 18.8 Å². The first kappa shape index (κ1) is 21.3. The summed E-state index contributed by atoms with van der Waals surface area (Å²) in [5.41, 5.74) is 2.40. The smallest absolute Gasteiger partial charge is 0.254 e. The van der Waals surface area contributed by atoms with Crippen molar-refractivity contribution in [3.8, 4) is 11.1 Å². The predicted molar refractivity (Wildman–Crippen MR) is 120 cm³/mol. The molecule has 2 aromatic carbocycles. The lowest BCUT2D eigenvalue weighted by atomic mass is 9.73. The van der Waals surface area contributed by atoms with Crippen LogP contribution in [0.4, 0.5) is 4.39 Å². The molecular weight excluding hydrogens is 445 g/mol. The molecular formula is C25H19ClFN3O3. The van der Waals surface area contributed by atoms with Gasteiger partial charge >= 0.3 is 0 Å². The first-order chi connectivity index (χ1) is 15.9. The molecule has 1 atom stereocenters. The normalized spacial score (nSPS) is 20.1. The van der Waals surface area contributed by atoms with Crippen molar-refractivity contribution in [3.63, 3.8) is 0 Å². The molecule has 0 aliphatic carbocycles. The number of imide groups is 1. The number of aromatic nitrogens is 1. The number of piperidine rings is 1. The fourth-order valence-corrected chi connectivity index (χ4v) is 4.79. The second kappa shape index (κ2) is 8.08. The highest BCUT2D eigenvalue weighted by Crippen LogP contribution is 2.37. The van der Waals surface area contributed by atoms with E-state index in [0.29, 0.717) is 21.8 Å². The molecule has 0 bridgehead atoms. The Labute approximate surface area is 194 Å². The van der Waals surface area contributed by atoms with Crippen molar-refractivity contribution in [2.45, 2.75) is 24.8 Å². The van der Waals surface area contributed by atoms with Gasteiger partial charge in [-0.15, -0.1) is 0 Å². The van der Waals surface area contributed by atoms with Crippen LogP contribution in [0.5, 0.6) is 0 Å². The lowest BCUT2D eigenvalue weighted by Gasteiger charge is -2.38. The zero-order chi connectivity index (χ0) is 23.2. The number of pyridine rings is 1. The van der Waals surface area contributed by atoms with Gasteiger partial charge in [0.1, 0.15) is 11.0 Å². The number of nitrogens with zero attached hydrogens (tertiary/aromatic N) is 2. The van der Waals surface area contributed by atoms with E-state index in [1.54, 1.807) is 23.2 Å². The van der Waals surface area contributed by atoms with E-state index >= 15 is 0 Å². The van der Waals surface area contributed by atoms with Crippen LogP contribution in [0.2, 0.25) is 5.15 Å². The molecule has 33 heavy (non-hydrogen) atoms.